The van der Waals surface area contributed by atoms with Gasteiger partial charge in [0, 0.05) is 99.7 Å². The Balaban J connectivity index is 0.729. The van der Waals surface area contributed by atoms with Crippen molar-refractivity contribution in [2.24, 2.45) is 11.7 Å². The highest BCUT2D eigenvalue weighted by Gasteiger charge is 2.50. The van der Waals surface area contributed by atoms with Crippen LogP contribution < -0.4 is 74.9 Å². The largest absolute Gasteiger partial charge is 0.508 e. The Morgan fingerprint density at radius 2 is 0.985 bits per heavy atom. The second-order valence-electron chi connectivity index (χ2n) is 33.6. The minimum absolute atomic E-state index is 0.00507. The molecule has 0 radical (unpaired) electrons. The van der Waals surface area contributed by atoms with E-state index in [1.165, 1.54) is 56.4 Å². The Morgan fingerprint density at radius 3 is 1.53 bits per heavy atom. The summed E-state index contributed by atoms with van der Waals surface area (Å²) < 4.78 is 0. The third-order valence-corrected chi connectivity index (χ3v) is 24.2. The van der Waals surface area contributed by atoms with Crippen molar-refractivity contribution in [1.29, 1.82) is 5.41 Å². The van der Waals surface area contributed by atoms with E-state index in [2.05, 4.69) is 96.7 Å². The number of aromatic amines is 2. The summed E-state index contributed by atoms with van der Waals surface area (Å²) in [5.74, 6) is -16.2. The molecule has 17 amide bonds. The van der Waals surface area contributed by atoms with Gasteiger partial charge in [0.25, 0.3) is 0 Å². The number of phenolic OH excluding ortho intramolecular Hbond substituents is 1. The first-order valence-corrected chi connectivity index (χ1v) is 44.5. The highest BCUT2D eigenvalue weighted by atomic mass is 32.1. The minimum Gasteiger partial charge on any atom is -0.508 e. The standard InChI is InChI=1S/C84H117N23O23S/c1-44(2)31-53(94-67(113)37-90-69(115)54(32-45-19-21-48(111)22-20-45)97-75(121)58(40-109)100-72(118)55(33-46-35-89-50-12-4-3-11-49(46)50)98-73(119)56(34-47-36-87-43-92-47)99-70(116)51-23-24-66(112)93-51)71(117)96-52(13-5-25-88-84(85)86)78(124)103-26-6-14-61(103)76(122)91-38-68(114)95-57(39-108)74(120)101-59(41-110)79(125)105-28-8-16-63(105)81(127)107-30-10-18-65(107)82(128)106-29-9-17-64(106)80(126)104-27-7-15-62(104)77(123)102-60(42-131)83(129)130/h3-4,11-12,19-22,35-36,43-44,51-65,89,108-111,131H,5-10,13-18,23-34,37-42H2,1-2H3,(H,87,92)(H,90,115)(H,91,122)(H,93,112)(H,94,113)(H,95,114)(H,96,117)(H,97,121)(H,98,119)(H,99,116)(H,100,118)(H,101,120)(H,102,123)(H,129,130)(H4,85,86,88)/t51-,52-,53-,54-,55-,56-,57-,58-,59-,60-,61-,62-,63-,64-,65-/m0/s1. The summed E-state index contributed by atoms with van der Waals surface area (Å²) in [5.41, 5.74) is 7.54. The molecule has 6 aliphatic heterocycles. The van der Waals surface area contributed by atoms with E-state index in [4.69, 9.17) is 11.1 Å². The number of aliphatic hydroxyl groups excluding tert-OH is 3. The third-order valence-electron chi connectivity index (χ3n) is 23.9. The molecule has 0 saturated carbocycles. The zero-order valence-electron chi connectivity index (χ0n) is 72.6. The van der Waals surface area contributed by atoms with Gasteiger partial charge in [-0.15, -0.1) is 0 Å². The van der Waals surface area contributed by atoms with E-state index < -0.39 is 230 Å². The van der Waals surface area contributed by atoms with Crippen molar-refractivity contribution in [2.75, 3.05) is 77.9 Å². The quantitative estimate of drug-likeness (QED) is 0.00847. The number of phenols is 1. The number of aromatic nitrogens is 3. The summed E-state index contributed by atoms with van der Waals surface area (Å²) in [5, 5.41) is 92.4. The smallest absolute Gasteiger partial charge is 0.327 e. The molecule has 4 aromatic rings. The highest BCUT2D eigenvalue weighted by Crippen LogP contribution is 2.32. The first-order valence-electron chi connectivity index (χ1n) is 43.8. The number of carbonyl (C=O) groups is 18. The van der Waals surface area contributed by atoms with Gasteiger partial charge in [-0.3, -0.25) is 86.9 Å². The van der Waals surface area contributed by atoms with Crippen LogP contribution in [0.15, 0.2) is 67.3 Å². The van der Waals surface area contributed by atoms with Crippen LogP contribution in [0, 0.1) is 11.3 Å². The van der Waals surface area contributed by atoms with Crippen LogP contribution in [-0.4, -0.2) is 346 Å². The summed E-state index contributed by atoms with van der Waals surface area (Å²) in [6.45, 7) is -0.863. The van der Waals surface area contributed by atoms with E-state index in [9.17, 15) is 112 Å². The number of guanidine groups is 1. The maximum Gasteiger partial charge on any atom is 0.327 e. The molecule has 6 fully saturated rings. The second-order valence-corrected chi connectivity index (χ2v) is 34.0. The van der Waals surface area contributed by atoms with Gasteiger partial charge >= 0.3 is 5.97 Å². The number of hydrogen-bond donors (Lipinski definition) is 23. The molecule has 8 heterocycles. The van der Waals surface area contributed by atoms with Gasteiger partial charge in [-0.25, -0.2) is 9.78 Å². The molecule has 10 rings (SSSR count). The van der Waals surface area contributed by atoms with Gasteiger partial charge in [0.1, 0.15) is 96.4 Å². The zero-order valence-corrected chi connectivity index (χ0v) is 73.5. The molecule has 47 heteroatoms. The van der Waals surface area contributed by atoms with Crippen molar-refractivity contribution in [3.8, 4) is 5.75 Å². The maximum absolute atomic E-state index is 14.8. The molecule has 6 aliphatic rings. The van der Waals surface area contributed by atoms with E-state index >= 15 is 0 Å². The second kappa shape index (κ2) is 47.5. The van der Waals surface area contributed by atoms with Crippen molar-refractivity contribution in [3.63, 3.8) is 0 Å². The molecule has 15 atom stereocenters. The molecule has 46 nitrogen and oxygen atoms in total. The number of fused-ring (bicyclic) bond motifs is 1. The number of rotatable bonds is 44. The number of para-hydroxylation sites is 1. The molecule has 2 aromatic carbocycles. The summed E-state index contributed by atoms with van der Waals surface area (Å²) in [7, 11) is 0. The van der Waals surface area contributed by atoms with Crippen LogP contribution in [0.5, 0.6) is 5.75 Å². The average Bonchev–Trinajstić information content (AvgIpc) is 1.64. The van der Waals surface area contributed by atoms with E-state index in [0.717, 1.165) is 4.90 Å². The van der Waals surface area contributed by atoms with Crippen LogP contribution >= 0.6 is 12.6 Å². The van der Waals surface area contributed by atoms with Crippen LogP contribution in [0.2, 0.25) is 0 Å². The fraction of sp³-hybridized carbons (Fsp3) is 0.571. The molecule has 0 unspecified atom stereocenters. The van der Waals surface area contributed by atoms with Gasteiger partial charge in [0.2, 0.25) is 100 Å². The number of benzene rings is 2. The number of thiol groups is 1. The van der Waals surface area contributed by atoms with Crippen LogP contribution in [0.4, 0.5) is 0 Å². The molecule has 131 heavy (non-hydrogen) atoms. The minimum atomic E-state index is -1.82. The normalized spacial score (nSPS) is 20.3. The topological polar surface area (TPSA) is 675 Å². The van der Waals surface area contributed by atoms with Gasteiger partial charge in [-0.2, -0.15) is 12.6 Å². The number of nitrogens with one attached hydrogen (secondary N) is 16. The Labute approximate surface area is 757 Å². The number of H-pyrrole nitrogens is 2. The fourth-order valence-electron chi connectivity index (χ4n) is 17.1. The molecule has 2 aromatic heterocycles. The van der Waals surface area contributed by atoms with Crippen LogP contribution in [0.1, 0.15) is 127 Å². The lowest BCUT2D eigenvalue weighted by atomic mass is 10.0. The summed E-state index contributed by atoms with van der Waals surface area (Å²) in [6, 6.07) is -7.71. The Hall–Kier alpha value is -13.0. The lowest BCUT2D eigenvalue weighted by Crippen LogP contribution is -2.60. The lowest BCUT2D eigenvalue weighted by molar-refractivity contribution is -0.153. The summed E-state index contributed by atoms with van der Waals surface area (Å²) in [6.07, 6.45) is 6.67. The number of aliphatic carboxylic acids is 1. The Morgan fingerprint density at radius 1 is 0.511 bits per heavy atom. The first kappa shape index (κ1) is 100. The van der Waals surface area contributed by atoms with Crippen molar-refractivity contribution >= 4 is 136 Å². The van der Waals surface area contributed by atoms with Gasteiger partial charge < -0.3 is 135 Å². The third kappa shape index (κ3) is 26.8. The predicted octanol–water partition coefficient (Wildman–Crippen LogP) is -7.25. The summed E-state index contributed by atoms with van der Waals surface area (Å²) >= 11 is 4.01. The molecule has 23 N–H and O–H groups in total. The summed E-state index contributed by atoms with van der Waals surface area (Å²) in [4.78, 5) is 267. The van der Waals surface area contributed by atoms with E-state index in [0.29, 0.717) is 53.4 Å². The Kier molecular flexibility index (Phi) is 36.3. The number of amides is 17. The number of imidazole rings is 1. The van der Waals surface area contributed by atoms with E-state index in [-0.39, 0.29) is 152 Å². The van der Waals surface area contributed by atoms with Crippen molar-refractivity contribution in [3.05, 3.63) is 84.1 Å². The van der Waals surface area contributed by atoms with Crippen LogP contribution in [0.25, 0.3) is 10.9 Å². The number of aliphatic hydroxyl groups is 3. The number of likely N-dealkylation sites (tertiary alicyclic amines) is 5. The van der Waals surface area contributed by atoms with Gasteiger partial charge in [0.15, 0.2) is 5.96 Å². The molecular formula is C84H117N23O23S. The SMILES string of the molecule is CC(C)C[C@H](NC(=O)CNC(=O)[C@H](Cc1ccc(O)cc1)NC(=O)[C@H](CO)NC(=O)[C@H](Cc1c[nH]c2ccccc12)NC(=O)[C@H](Cc1cnc[nH]1)NC(=O)[C@@H]1CCC(=O)N1)C(=O)N[C@@H](CCCNC(=N)N)C(=O)N1CCC[C@H]1C(=O)NCC(=O)N[C@@H](CO)C(=O)N[C@@H](CO)C(=O)N1CCC[C@H]1C(=O)N1CCC[C@H]1C(=O)N1CCC[C@H]1C(=O)N1CCC[C@H]1C(=O)N[C@@H](CS)C(=O)O. The van der Waals surface area contributed by atoms with Crippen molar-refractivity contribution in [2.45, 2.75) is 220 Å². The number of aromatic hydroxyl groups is 1. The zero-order chi connectivity index (χ0) is 94.9. The first-order chi connectivity index (χ1) is 62.7. The molecule has 6 saturated heterocycles. The average molecular weight is 1850 g/mol. The van der Waals surface area contributed by atoms with Gasteiger partial charge in [-0.05, 0) is 125 Å². The number of nitrogens with zero attached hydrogens (tertiary/aromatic N) is 6. The maximum atomic E-state index is 14.8. The van der Waals surface area contributed by atoms with Crippen LogP contribution in [-0.2, 0) is 106 Å². The number of carbonyl (C=O) groups excluding carboxylic acids is 17. The van der Waals surface area contributed by atoms with Gasteiger partial charge in [-0.1, -0.05) is 44.2 Å². The van der Waals surface area contributed by atoms with Crippen molar-refractivity contribution < 1.29 is 112 Å². The number of carboxylic acid groups (broad SMARTS) is 1. The number of nitrogens with two attached hydrogens (primary N) is 1. The lowest BCUT2D eigenvalue weighted by Gasteiger charge is -2.36. The molecular weight excluding hydrogens is 1730 g/mol. The highest BCUT2D eigenvalue weighted by molar-refractivity contribution is 7.80. The Bertz CT molecular complexity index is 4830. The molecule has 0 spiro atoms. The molecule has 0 bridgehead atoms. The van der Waals surface area contributed by atoms with Crippen molar-refractivity contribution in [1.82, 2.24) is 109 Å². The van der Waals surface area contributed by atoms with E-state index in [1.807, 2.05) is 0 Å². The predicted molar refractivity (Wildman–Crippen MR) is 466 cm³/mol. The molecule has 0 aliphatic carbocycles. The number of hydrogen-bond acceptors (Lipinski definition) is 25. The fourth-order valence-corrected chi connectivity index (χ4v) is 17.3. The van der Waals surface area contributed by atoms with Gasteiger partial charge in [0.05, 0.1) is 39.2 Å². The monoisotopic (exact) mass is 1850 g/mol. The van der Waals surface area contributed by atoms with E-state index in [1.54, 1.807) is 44.3 Å². The number of carboxylic acids is 1. The molecule has 712 valence electrons. The van der Waals surface area contributed by atoms with Crippen LogP contribution in [0.3, 0.4) is 0 Å².